The summed E-state index contributed by atoms with van der Waals surface area (Å²) in [6.07, 6.45) is 0.233. The number of hydrogen-bond donors (Lipinski definition) is 3. The number of nitrogens with one attached hydrogen (secondary N) is 1. The zero-order valence-electron chi connectivity index (χ0n) is 21.4. The van der Waals surface area contributed by atoms with E-state index in [2.05, 4.69) is 16.5 Å². The molecular weight excluding hydrogens is 569 g/mol. The lowest BCUT2D eigenvalue weighted by molar-refractivity contribution is -0.118. The lowest BCUT2D eigenvalue weighted by atomic mass is 9.98. The van der Waals surface area contributed by atoms with E-state index < -0.39 is 11.9 Å². The lowest BCUT2D eigenvalue weighted by Gasteiger charge is -2.18. The first-order valence-electron chi connectivity index (χ1n) is 12.5. The first kappa shape index (κ1) is 27.8. The summed E-state index contributed by atoms with van der Waals surface area (Å²) in [7, 11) is 0. The van der Waals surface area contributed by atoms with Crippen molar-refractivity contribution in [2.45, 2.75) is 18.8 Å². The third-order valence-electron chi connectivity index (χ3n) is 6.69. The Morgan fingerprint density at radius 1 is 1.15 bits per heavy atom. The number of nitrogen functional groups attached to an aromatic ring is 1. The van der Waals surface area contributed by atoms with Crippen LogP contribution in [-0.4, -0.2) is 40.7 Å². The monoisotopic (exact) mass is 591 g/mol. The molecule has 0 radical (unpaired) electrons. The van der Waals surface area contributed by atoms with Gasteiger partial charge in [0.15, 0.2) is 11.6 Å². The number of carbonyl (C=O) groups excluding carboxylic acids is 3. The highest BCUT2D eigenvalue weighted by Gasteiger charge is 2.32. The predicted molar refractivity (Wildman–Crippen MR) is 154 cm³/mol. The zero-order valence-corrected chi connectivity index (χ0v) is 22.9. The number of carbonyl (C=O) groups is 3. The molecule has 4 aromatic rings. The third kappa shape index (κ3) is 5.61. The van der Waals surface area contributed by atoms with Gasteiger partial charge in [0.05, 0.1) is 21.1 Å². The van der Waals surface area contributed by atoms with Gasteiger partial charge in [0.25, 0.3) is 0 Å². The molecule has 3 amide bonds. The second kappa shape index (κ2) is 11.4. The molecule has 1 aliphatic rings. The van der Waals surface area contributed by atoms with Gasteiger partial charge in [-0.15, -0.1) is 5.10 Å². The van der Waals surface area contributed by atoms with Gasteiger partial charge in [0, 0.05) is 42.9 Å². The Bertz CT molecular complexity index is 1750. The standard InChI is InChI=1S/C28H23Cl2N7O4/c29-20-6-4-15(10-23(20)41-26-16(13-31)2-1-3-21(26)30)17-11-25(39)36(14-17)18-5-7-22-19(12-18)27(33)35-37(22)28(40)34-9-8-24(32)38/h1-7,10,12,17H,8-9,11,14H2,(H2,32,38)(H2,33,35)(H,34,40)/t17-/m0/s1. The molecule has 0 spiro atoms. The fraction of sp³-hybridized carbons (Fsp3) is 0.179. The number of nitriles is 1. The van der Waals surface area contributed by atoms with E-state index >= 15 is 0 Å². The summed E-state index contributed by atoms with van der Waals surface area (Å²) in [5.41, 5.74) is 13.3. The van der Waals surface area contributed by atoms with Gasteiger partial charge >= 0.3 is 6.03 Å². The molecule has 1 atom stereocenters. The molecule has 5 rings (SSSR count). The molecule has 0 bridgehead atoms. The van der Waals surface area contributed by atoms with Gasteiger partial charge in [-0.2, -0.15) is 9.94 Å². The maximum Gasteiger partial charge on any atom is 0.342 e. The van der Waals surface area contributed by atoms with Gasteiger partial charge in [-0.1, -0.05) is 35.3 Å². The molecule has 41 heavy (non-hydrogen) atoms. The van der Waals surface area contributed by atoms with E-state index in [0.717, 1.165) is 10.2 Å². The van der Waals surface area contributed by atoms with E-state index in [1.807, 2.05) is 6.07 Å². The van der Waals surface area contributed by atoms with Crippen molar-refractivity contribution in [3.63, 3.8) is 0 Å². The van der Waals surface area contributed by atoms with E-state index in [1.54, 1.807) is 53.4 Å². The van der Waals surface area contributed by atoms with Crippen LogP contribution in [-0.2, 0) is 9.59 Å². The van der Waals surface area contributed by atoms with Crippen LogP contribution >= 0.6 is 23.2 Å². The van der Waals surface area contributed by atoms with Crippen molar-refractivity contribution in [3.05, 3.63) is 75.8 Å². The predicted octanol–water partition coefficient (Wildman–Crippen LogP) is 4.54. The number of nitrogens with two attached hydrogens (primary N) is 2. The number of fused-ring (bicyclic) bond motifs is 1. The van der Waals surface area contributed by atoms with Gasteiger partial charge < -0.3 is 26.4 Å². The number of amides is 3. The first-order valence-corrected chi connectivity index (χ1v) is 13.2. The molecule has 11 nitrogen and oxygen atoms in total. The van der Waals surface area contributed by atoms with E-state index in [1.165, 1.54) is 0 Å². The average Bonchev–Trinajstić information content (AvgIpc) is 3.50. The van der Waals surface area contributed by atoms with Crippen LogP contribution in [0, 0.1) is 11.3 Å². The van der Waals surface area contributed by atoms with E-state index in [-0.39, 0.29) is 53.4 Å². The van der Waals surface area contributed by atoms with Crippen molar-refractivity contribution < 1.29 is 19.1 Å². The first-order chi connectivity index (χ1) is 19.7. The van der Waals surface area contributed by atoms with Crippen molar-refractivity contribution >= 4 is 63.5 Å². The zero-order chi connectivity index (χ0) is 29.3. The van der Waals surface area contributed by atoms with Crippen molar-refractivity contribution in [1.29, 1.82) is 5.26 Å². The van der Waals surface area contributed by atoms with Crippen molar-refractivity contribution in [3.8, 4) is 17.6 Å². The number of hydrogen-bond acceptors (Lipinski definition) is 7. The fourth-order valence-electron chi connectivity index (χ4n) is 4.66. The molecule has 0 saturated carbocycles. The summed E-state index contributed by atoms with van der Waals surface area (Å²) >= 11 is 12.7. The van der Waals surface area contributed by atoms with Crippen LogP contribution in [0.25, 0.3) is 10.9 Å². The summed E-state index contributed by atoms with van der Waals surface area (Å²) in [5, 5.41) is 17.2. The van der Waals surface area contributed by atoms with Crippen molar-refractivity contribution in [1.82, 2.24) is 15.1 Å². The maximum absolute atomic E-state index is 13.1. The summed E-state index contributed by atoms with van der Waals surface area (Å²) in [4.78, 5) is 38.2. The number of rotatable bonds is 7. The third-order valence-corrected chi connectivity index (χ3v) is 7.30. The quantitative estimate of drug-likeness (QED) is 0.283. The molecule has 0 aliphatic carbocycles. The Morgan fingerprint density at radius 2 is 1.95 bits per heavy atom. The number of ether oxygens (including phenoxy) is 1. The Labute approximate surface area is 244 Å². The Hall–Kier alpha value is -4.79. The molecule has 13 heteroatoms. The van der Waals surface area contributed by atoms with E-state index in [0.29, 0.717) is 33.9 Å². The number of benzene rings is 3. The second-order valence-electron chi connectivity index (χ2n) is 9.37. The number of nitrogens with zero attached hydrogens (tertiary/aromatic N) is 4. The lowest BCUT2D eigenvalue weighted by Crippen LogP contribution is -2.32. The highest BCUT2D eigenvalue weighted by Crippen LogP contribution is 2.40. The van der Waals surface area contributed by atoms with Gasteiger partial charge in [-0.3, -0.25) is 9.59 Å². The molecule has 1 saturated heterocycles. The minimum Gasteiger partial charge on any atom is -0.453 e. The highest BCUT2D eigenvalue weighted by atomic mass is 35.5. The fourth-order valence-corrected chi connectivity index (χ4v) is 5.03. The smallest absolute Gasteiger partial charge is 0.342 e. The van der Waals surface area contributed by atoms with Crippen LogP contribution in [0.15, 0.2) is 54.6 Å². The molecule has 3 aromatic carbocycles. The largest absolute Gasteiger partial charge is 0.453 e. The maximum atomic E-state index is 13.1. The van der Waals surface area contributed by atoms with Crippen LogP contribution in [0.3, 0.4) is 0 Å². The van der Waals surface area contributed by atoms with Crippen LogP contribution in [0.2, 0.25) is 10.0 Å². The minimum absolute atomic E-state index is 0.00897. The Kier molecular flexibility index (Phi) is 7.70. The Balaban J connectivity index is 1.37. The normalized spacial score (nSPS) is 14.7. The average molecular weight is 592 g/mol. The van der Waals surface area contributed by atoms with Gasteiger partial charge in [-0.25, -0.2) is 4.79 Å². The van der Waals surface area contributed by atoms with Crippen LogP contribution < -0.4 is 26.4 Å². The molecule has 1 aliphatic heterocycles. The molecule has 208 valence electrons. The van der Waals surface area contributed by atoms with Crippen molar-refractivity contribution in [2.24, 2.45) is 5.73 Å². The number of para-hydroxylation sites is 1. The Morgan fingerprint density at radius 3 is 2.71 bits per heavy atom. The summed E-state index contributed by atoms with van der Waals surface area (Å²) < 4.78 is 7.06. The summed E-state index contributed by atoms with van der Waals surface area (Å²) in [6, 6.07) is 16.7. The number of primary amides is 1. The van der Waals surface area contributed by atoms with Gasteiger partial charge in [0.1, 0.15) is 11.8 Å². The number of aromatic nitrogens is 2. The molecule has 1 aromatic heterocycles. The van der Waals surface area contributed by atoms with Crippen LogP contribution in [0.1, 0.15) is 29.9 Å². The minimum atomic E-state index is -0.558. The summed E-state index contributed by atoms with van der Waals surface area (Å²) in [5.74, 6) is -0.172. The van der Waals surface area contributed by atoms with E-state index in [4.69, 9.17) is 39.4 Å². The topological polar surface area (TPSA) is 169 Å². The van der Waals surface area contributed by atoms with Crippen LogP contribution in [0.4, 0.5) is 16.3 Å². The highest BCUT2D eigenvalue weighted by molar-refractivity contribution is 6.33. The molecule has 2 heterocycles. The number of halogens is 2. The summed E-state index contributed by atoms with van der Waals surface area (Å²) in [6.45, 7) is 0.440. The SMILES string of the molecule is N#Cc1cccc(Cl)c1Oc1cc([C@H]2CC(=O)N(c3ccc4c(c3)c(N)nn4C(=O)NCCC(N)=O)C2)ccc1Cl. The van der Waals surface area contributed by atoms with Crippen LogP contribution in [0.5, 0.6) is 11.5 Å². The molecule has 0 unspecified atom stereocenters. The van der Waals surface area contributed by atoms with E-state index in [9.17, 15) is 19.6 Å². The van der Waals surface area contributed by atoms with Gasteiger partial charge in [-0.05, 0) is 48.0 Å². The second-order valence-corrected chi connectivity index (χ2v) is 10.2. The molecular formula is C28H23Cl2N7O4. The van der Waals surface area contributed by atoms with Gasteiger partial charge in [0.2, 0.25) is 11.8 Å². The molecule has 5 N–H and O–H groups in total. The number of anilines is 2. The molecule has 1 fully saturated rings. The van der Waals surface area contributed by atoms with Crippen molar-refractivity contribution in [2.75, 3.05) is 23.7 Å².